The lowest BCUT2D eigenvalue weighted by molar-refractivity contribution is 0.789. The first-order chi connectivity index (χ1) is 9.43. The van der Waals surface area contributed by atoms with Gasteiger partial charge in [-0.3, -0.25) is 4.98 Å². The third-order valence-electron chi connectivity index (χ3n) is 2.73. The summed E-state index contributed by atoms with van der Waals surface area (Å²) in [5.74, 6) is 0. The van der Waals surface area contributed by atoms with Gasteiger partial charge in [0.25, 0.3) is 0 Å². The van der Waals surface area contributed by atoms with E-state index in [0.717, 1.165) is 17.9 Å². The van der Waals surface area contributed by atoms with Gasteiger partial charge < -0.3 is 5.32 Å². The van der Waals surface area contributed by atoms with Crippen LogP contribution in [0.4, 0.5) is 5.69 Å². The van der Waals surface area contributed by atoms with Crippen LogP contribution in [0, 0.1) is 0 Å². The molecule has 0 atom stereocenters. The second kappa shape index (κ2) is 5.26. The molecule has 0 aliphatic rings. The number of anilines is 1. The van der Waals surface area contributed by atoms with Crippen LogP contribution < -0.4 is 5.32 Å². The SMILES string of the molecule is c1ccc(-n2cnnn2)c(NCc2ccncc2)c1. The first-order valence-corrected chi connectivity index (χ1v) is 5.88. The molecule has 6 nitrogen and oxygen atoms in total. The summed E-state index contributed by atoms with van der Waals surface area (Å²) in [5.41, 5.74) is 3.06. The summed E-state index contributed by atoms with van der Waals surface area (Å²) in [7, 11) is 0. The van der Waals surface area contributed by atoms with Crippen LogP contribution in [0.25, 0.3) is 5.69 Å². The average Bonchev–Trinajstić information content (AvgIpc) is 3.01. The number of rotatable bonds is 4. The lowest BCUT2D eigenvalue weighted by Gasteiger charge is -2.10. The van der Waals surface area contributed by atoms with Gasteiger partial charge in [0.15, 0.2) is 0 Å². The van der Waals surface area contributed by atoms with Crippen molar-refractivity contribution in [1.29, 1.82) is 0 Å². The predicted molar refractivity (Wildman–Crippen MR) is 70.7 cm³/mol. The highest BCUT2D eigenvalue weighted by Crippen LogP contribution is 2.19. The molecule has 0 fully saturated rings. The molecule has 6 heteroatoms. The number of pyridine rings is 1. The van der Waals surface area contributed by atoms with Crippen molar-refractivity contribution in [2.75, 3.05) is 5.32 Å². The van der Waals surface area contributed by atoms with E-state index in [0.29, 0.717) is 0 Å². The Balaban J connectivity index is 1.82. The van der Waals surface area contributed by atoms with Crippen LogP contribution in [0.2, 0.25) is 0 Å². The molecule has 0 saturated heterocycles. The number of hydrogen-bond donors (Lipinski definition) is 1. The first-order valence-electron chi connectivity index (χ1n) is 5.88. The lowest BCUT2D eigenvalue weighted by atomic mass is 10.2. The molecule has 0 saturated carbocycles. The van der Waals surface area contributed by atoms with Crippen LogP contribution >= 0.6 is 0 Å². The van der Waals surface area contributed by atoms with E-state index in [4.69, 9.17) is 0 Å². The summed E-state index contributed by atoms with van der Waals surface area (Å²) in [6, 6.07) is 11.8. The smallest absolute Gasteiger partial charge is 0.143 e. The van der Waals surface area contributed by atoms with Gasteiger partial charge >= 0.3 is 0 Å². The molecule has 1 aromatic carbocycles. The third kappa shape index (κ3) is 2.57. The fraction of sp³-hybridized carbons (Fsp3) is 0.0769. The minimum absolute atomic E-state index is 0.724. The van der Waals surface area contributed by atoms with Crippen molar-refractivity contribution in [3.63, 3.8) is 0 Å². The van der Waals surface area contributed by atoms with Crippen LogP contribution in [0.15, 0.2) is 55.1 Å². The number of hydrogen-bond acceptors (Lipinski definition) is 5. The molecule has 0 aliphatic heterocycles. The largest absolute Gasteiger partial charge is 0.379 e. The van der Waals surface area contributed by atoms with Crippen LogP contribution in [-0.4, -0.2) is 25.2 Å². The Morgan fingerprint density at radius 3 is 2.68 bits per heavy atom. The Bertz CT molecular complexity index is 635. The van der Waals surface area contributed by atoms with Gasteiger partial charge in [-0.25, -0.2) is 0 Å². The topological polar surface area (TPSA) is 68.5 Å². The minimum atomic E-state index is 0.724. The van der Waals surface area contributed by atoms with Gasteiger partial charge in [0.05, 0.1) is 11.4 Å². The number of nitrogens with one attached hydrogen (secondary N) is 1. The number of para-hydroxylation sites is 2. The summed E-state index contributed by atoms with van der Waals surface area (Å²) in [5, 5.41) is 14.6. The second-order valence-electron chi connectivity index (χ2n) is 3.98. The summed E-state index contributed by atoms with van der Waals surface area (Å²) in [6.45, 7) is 0.724. The molecular formula is C13H12N6. The predicted octanol–water partition coefficient (Wildman–Crippen LogP) is 1.67. The van der Waals surface area contributed by atoms with Crippen molar-refractivity contribution in [3.05, 3.63) is 60.7 Å². The summed E-state index contributed by atoms with van der Waals surface area (Å²) >= 11 is 0. The molecule has 2 heterocycles. The zero-order valence-electron chi connectivity index (χ0n) is 10.1. The maximum Gasteiger partial charge on any atom is 0.143 e. The first kappa shape index (κ1) is 11.3. The van der Waals surface area contributed by atoms with E-state index in [2.05, 4.69) is 25.8 Å². The molecule has 3 rings (SSSR count). The van der Waals surface area contributed by atoms with Crippen molar-refractivity contribution in [2.24, 2.45) is 0 Å². The zero-order valence-corrected chi connectivity index (χ0v) is 10.1. The molecule has 19 heavy (non-hydrogen) atoms. The maximum absolute atomic E-state index is 4.00. The van der Waals surface area contributed by atoms with Crippen LogP contribution in [0.3, 0.4) is 0 Å². The summed E-state index contributed by atoms with van der Waals surface area (Å²) < 4.78 is 1.63. The van der Waals surface area contributed by atoms with Crippen molar-refractivity contribution >= 4 is 5.69 Å². The average molecular weight is 252 g/mol. The Hall–Kier alpha value is -2.76. The van der Waals surface area contributed by atoms with E-state index >= 15 is 0 Å². The van der Waals surface area contributed by atoms with Crippen LogP contribution in [0.1, 0.15) is 5.56 Å². The second-order valence-corrected chi connectivity index (χ2v) is 3.98. The highest BCUT2D eigenvalue weighted by atomic mass is 15.5. The molecule has 0 aliphatic carbocycles. The monoisotopic (exact) mass is 252 g/mol. The van der Waals surface area contributed by atoms with Crippen molar-refractivity contribution in [1.82, 2.24) is 25.2 Å². The van der Waals surface area contributed by atoms with Crippen LogP contribution in [0.5, 0.6) is 0 Å². The van der Waals surface area contributed by atoms with Gasteiger partial charge in [-0.1, -0.05) is 12.1 Å². The summed E-state index contributed by atoms with van der Waals surface area (Å²) in [6.07, 6.45) is 5.14. The van der Waals surface area contributed by atoms with Gasteiger partial charge in [-0.05, 0) is 40.3 Å². The molecular weight excluding hydrogens is 240 g/mol. The molecule has 0 amide bonds. The van der Waals surface area contributed by atoms with Gasteiger partial charge in [-0.2, -0.15) is 4.68 Å². The third-order valence-corrected chi connectivity index (χ3v) is 2.73. The maximum atomic E-state index is 4.00. The number of nitrogens with zero attached hydrogens (tertiary/aromatic N) is 5. The fourth-order valence-electron chi connectivity index (χ4n) is 1.79. The van der Waals surface area contributed by atoms with Gasteiger partial charge in [0.2, 0.25) is 0 Å². The van der Waals surface area contributed by atoms with Crippen molar-refractivity contribution in [3.8, 4) is 5.69 Å². The Kier molecular flexibility index (Phi) is 3.14. The molecule has 1 N–H and O–H groups in total. The Morgan fingerprint density at radius 1 is 1.05 bits per heavy atom. The number of tetrazole rings is 1. The van der Waals surface area contributed by atoms with Gasteiger partial charge in [0, 0.05) is 18.9 Å². The normalized spacial score (nSPS) is 10.3. The molecule has 94 valence electrons. The zero-order chi connectivity index (χ0) is 12.9. The Morgan fingerprint density at radius 2 is 1.89 bits per heavy atom. The van der Waals surface area contributed by atoms with E-state index in [1.165, 1.54) is 5.56 Å². The number of aromatic nitrogens is 5. The van der Waals surface area contributed by atoms with Crippen molar-refractivity contribution < 1.29 is 0 Å². The molecule has 0 radical (unpaired) electrons. The highest BCUT2D eigenvalue weighted by molar-refractivity contribution is 5.60. The highest BCUT2D eigenvalue weighted by Gasteiger charge is 2.04. The van der Waals surface area contributed by atoms with E-state index in [9.17, 15) is 0 Å². The molecule has 0 bridgehead atoms. The minimum Gasteiger partial charge on any atom is -0.379 e. The molecule has 0 spiro atoms. The van der Waals surface area contributed by atoms with Gasteiger partial charge in [-0.15, -0.1) is 5.10 Å². The van der Waals surface area contributed by atoms with E-state index in [-0.39, 0.29) is 0 Å². The number of benzene rings is 1. The van der Waals surface area contributed by atoms with E-state index in [1.807, 2.05) is 36.4 Å². The molecule has 2 aromatic heterocycles. The van der Waals surface area contributed by atoms with Crippen molar-refractivity contribution in [2.45, 2.75) is 6.54 Å². The van der Waals surface area contributed by atoms with E-state index < -0.39 is 0 Å². The summed E-state index contributed by atoms with van der Waals surface area (Å²) in [4.78, 5) is 4.00. The quantitative estimate of drug-likeness (QED) is 0.765. The molecule has 0 unspecified atom stereocenters. The molecule has 3 aromatic rings. The Labute approximate surface area is 110 Å². The van der Waals surface area contributed by atoms with Gasteiger partial charge in [0.1, 0.15) is 6.33 Å². The van der Waals surface area contributed by atoms with E-state index in [1.54, 1.807) is 23.4 Å². The standard InChI is InChI=1S/C13H12N6/c1-2-4-13(19-10-16-17-18-19)12(3-1)15-9-11-5-7-14-8-6-11/h1-8,10,15H,9H2. The lowest BCUT2D eigenvalue weighted by Crippen LogP contribution is -2.05. The fourth-order valence-corrected chi connectivity index (χ4v) is 1.79. The van der Waals surface area contributed by atoms with Crippen LogP contribution in [-0.2, 0) is 6.54 Å².